The molecule has 2 aliphatic rings. The van der Waals surface area contributed by atoms with Crippen LogP contribution in [0.4, 0.5) is 5.69 Å². The molecule has 0 radical (unpaired) electrons. The molecular weight excluding hydrogens is 348 g/mol. The first kappa shape index (κ1) is 18.9. The fourth-order valence-electron chi connectivity index (χ4n) is 3.91. The molecule has 0 bridgehead atoms. The summed E-state index contributed by atoms with van der Waals surface area (Å²) in [5.74, 6) is 1.50. The Balaban J connectivity index is 1.19. The van der Waals surface area contributed by atoms with E-state index in [-0.39, 0.29) is 0 Å². The third kappa shape index (κ3) is 4.90. The number of nitrogens with one attached hydrogen (secondary N) is 1. The smallest absolute Gasteiger partial charge is 0.187 e. The van der Waals surface area contributed by atoms with Crippen LogP contribution in [0.5, 0.6) is 5.75 Å². The van der Waals surface area contributed by atoms with E-state index in [1.807, 2.05) is 24.3 Å². The number of nitrogens with two attached hydrogens (primary N) is 1. The van der Waals surface area contributed by atoms with Crippen molar-refractivity contribution >= 4 is 5.69 Å². The lowest BCUT2D eigenvalue weighted by Crippen LogP contribution is -2.33. The van der Waals surface area contributed by atoms with E-state index in [2.05, 4.69) is 39.3 Å². The molecule has 3 N–H and O–H groups in total. The minimum atomic E-state index is 0.368. The highest BCUT2D eigenvalue weighted by molar-refractivity contribution is 5.45. The number of nitrogens with zero attached hydrogens (tertiary/aromatic N) is 2. The molecule has 5 heteroatoms. The van der Waals surface area contributed by atoms with Crippen LogP contribution in [0.25, 0.3) is 4.85 Å². The molecule has 1 aliphatic carbocycles. The fraction of sp³-hybridized carbons (Fsp3) is 0.435. The lowest BCUT2D eigenvalue weighted by atomic mass is 10.1. The van der Waals surface area contributed by atoms with Gasteiger partial charge in [-0.3, -0.25) is 0 Å². The zero-order valence-corrected chi connectivity index (χ0v) is 16.2. The highest BCUT2D eigenvalue weighted by atomic mass is 16.5. The second kappa shape index (κ2) is 8.74. The molecule has 28 heavy (non-hydrogen) atoms. The summed E-state index contributed by atoms with van der Waals surface area (Å²) in [6.45, 7) is 11.8. The third-order valence-electron chi connectivity index (χ3n) is 5.71. The maximum atomic E-state index is 6.99. The van der Waals surface area contributed by atoms with Crippen molar-refractivity contribution < 1.29 is 4.74 Å². The summed E-state index contributed by atoms with van der Waals surface area (Å²) in [5, 5.41) is 3.68. The van der Waals surface area contributed by atoms with Crippen molar-refractivity contribution in [3.63, 3.8) is 0 Å². The van der Waals surface area contributed by atoms with Gasteiger partial charge in [0.2, 0.25) is 0 Å². The van der Waals surface area contributed by atoms with Crippen molar-refractivity contribution in [2.75, 3.05) is 26.2 Å². The van der Waals surface area contributed by atoms with Gasteiger partial charge in [-0.05, 0) is 42.6 Å². The van der Waals surface area contributed by atoms with Crippen LogP contribution in [0, 0.1) is 6.57 Å². The summed E-state index contributed by atoms with van der Waals surface area (Å²) >= 11 is 0. The number of likely N-dealkylation sites (tertiary alicyclic amines) is 1. The number of ether oxygens (including phenoxy) is 1. The summed E-state index contributed by atoms with van der Waals surface area (Å²) in [4.78, 5) is 5.86. The van der Waals surface area contributed by atoms with Crippen LogP contribution in [0.15, 0.2) is 48.5 Å². The average Bonchev–Trinajstić information content (AvgIpc) is 3.39. The van der Waals surface area contributed by atoms with Crippen LogP contribution in [-0.4, -0.2) is 43.2 Å². The largest absolute Gasteiger partial charge is 0.489 e. The summed E-state index contributed by atoms with van der Waals surface area (Å²) < 4.78 is 5.87. The molecule has 2 aromatic carbocycles. The monoisotopic (exact) mass is 376 g/mol. The molecule has 1 saturated heterocycles. The number of hydrogen-bond acceptors (Lipinski definition) is 4. The Morgan fingerprint density at radius 1 is 1.14 bits per heavy atom. The number of benzene rings is 2. The molecular formula is C23H28N4O. The van der Waals surface area contributed by atoms with Gasteiger partial charge in [-0.2, -0.15) is 0 Å². The molecule has 1 saturated carbocycles. The second-order valence-electron chi connectivity index (χ2n) is 7.89. The normalized spacial score (nSPS) is 24.1. The number of rotatable bonds is 8. The van der Waals surface area contributed by atoms with E-state index in [0.29, 0.717) is 30.3 Å². The van der Waals surface area contributed by atoms with E-state index in [1.54, 1.807) is 0 Å². The van der Waals surface area contributed by atoms with Crippen LogP contribution in [0.1, 0.15) is 29.9 Å². The van der Waals surface area contributed by atoms with Crippen molar-refractivity contribution in [1.29, 1.82) is 0 Å². The predicted octanol–water partition coefficient (Wildman–Crippen LogP) is 3.29. The first-order chi connectivity index (χ1) is 13.7. The Labute approximate surface area is 167 Å². The van der Waals surface area contributed by atoms with Gasteiger partial charge in [0.15, 0.2) is 5.69 Å². The Hall–Kier alpha value is -2.39. The molecule has 0 amide bonds. The molecule has 1 heterocycles. The summed E-state index contributed by atoms with van der Waals surface area (Å²) in [5.41, 5.74) is 9.07. The molecule has 3 atom stereocenters. The molecule has 1 aliphatic heterocycles. The molecule has 0 aromatic heterocycles. The van der Waals surface area contributed by atoms with Crippen LogP contribution >= 0.6 is 0 Å². The van der Waals surface area contributed by atoms with Gasteiger partial charge in [0.1, 0.15) is 12.4 Å². The van der Waals surface area contributed by atoms with E-state index in [0.717, 1.165) is 43.9 Å². The van der Waals surface area contributed by atoms with Crippen molar-refractivity contribution in [3.8, 4) is 5.75 Å². The van der Waals surface area contributed by atoms with Gasteiger partial charge in [-0.15, -0.1) is 0 Å². The van der Waals surface area contributed by atoms with Crippen molar-refractivity contribution in [2.24, 2.45) is 5.73 Å². The molecule has 4 rings (SSSR count). The molecule has 146 valence electrons. The lowest BCUT2D eigenvalue weighted by molar-refractivity contribution is 0.306. The van der Waals surface area contributed by atoms with Crippen molar-refractivity contribution in [2.45, 2.75) is 37.5 Å². The summed E-state index contributed by atoms with van der Waals surface area (Å²) in [6.07, 6.45) is 2.35. The van der Waals surface area contributed by atoms with E-state index >= 15 is 0 Å². The molecule has 0 spiro atoms. The van der Waals surface area contributed by atoms with Crippen LogP contribution in [-0.2, 0) is 6.61 Å². The molecule has 5 nitrogen and oxygen atoms in total. The zero-order chi connectivity index (χ0) is 19.3. The maximum Gasteiger partial charge on any atom is 0.187 e. The lowest BCUT2D eigenvalue weighted by Gasteiger charge is -2.15. The summed E-state index contributed by atoms with van der Waals surface area (Å²) in [6, 6.07) is 17.0. The van der Waals surface area contributed by atoms with Crippen molar-refractivity contribution in [1.82, 2.24) is 10.2 Å². The minimum absolute atomic E-state index is 0.368. The highest BCUT2D eigenvalue weighted by Crippen LogP contribution is 2.41. The zero-order valence-electron chi connectivity index (χ0n) is 16.2. The summed E-state index contributed by atoms with van der Waals surface area (Å²) in [7, 11) is 0. The van der Waals surface area contributed by atoms with Gasteiger partial charge in [-0.1, -0.05) is 36.4 Å². The van der Waals surface area contributed by atoms with Gasteiger partial charge < -0.3 is 20.7 Å². The van der Waals surface area contributed by atoms with Gasteiger partial charge in [0.25, 0.3) is 0 Å². The quantitative estimate of drug-likeness (QED) is 0.694. The van der Waals surface area contributed by atoms with Gasteiger partial charge >= 0.3 is 0 Å². The Kier molecular flexibility index (Phi) is 5.92. The van der Waals surface area contributed by atoms with Gasteiger partial charge in [0.05, 0.1) is 6.57 Å². The first-order valence-corrected chi connectivity index (χ1v) is 10.1. The maximum absolute atomic E-state index is 6.99. The van der Waals surface area contributed by atoms with E-state index in [1.165, 1.54) is 12.0 Å². The topological polar surface area (TPSA) is 54.9 Å². The van der Waals surface area contributed by atoms with E-state index in [4.69, 9.17) is 17.0 Å². The first-order valence-electron chi connectivity index (χ1n) is 10.1. The van der Waals surface area contributed by atoms with Crippen LogP contribution in [0.3, 0.4) is 0 Å². The Morgan fingerprint density at radius 3 is 2.61 bits per heavy atom. The second-order valence-corrected chi connectivity index (χ2v) is 7.89. The Morgan fingerprint density at radius 2 is 1.93 bits per heavy atom. The minimum Gasteiger partial charge on any atom is -0.489 e. The third-order valence-corrected chi connectivity index (χ3v) is 5.71. The SMILES string of the molecule is [C-]#[N+]c1ccc(COc2ccc(C3C[C@@H]3NCCN3CC[C@@H](N)C3)cc2)cc1. The molecule has 2 fully saturated rings. The molecule has 1 unspecified atom stereocenters. The van der Waals surface area contributed by atoms with Crippen LogP contribution in [0.2, 0.25) is 0 Å². The van der Waals surface area contributed by atoms with E-state index < -0.39 is 0 Å². The fourth-order valence-corrected chi connectivity index (χ4v) is 3.91. The van der Waals surface area contributed by atoms with Crippen molar-refractivity contribution in [3.05, 3.63) is 71.1 Å². The van der Waals surface area contributed by atoms with Gasteiger partial charge in [0, 0.05) is 37.6 Å². The van der Waals surface area contributed by atoms with Crippen LogP contribution < -0.4 is 15.8 Å². The Bertz CT molecular complexity index is 812. The highest BCUT2D eigenvalue weighted by Gasteiger charge is 2.37. The molecule has 2 aromatic rings. The standard InChI is InChI=1S/C23H28N4O/c1-25-20-6-2-17(3-7-20)16-28-21-8-4-18(5-9-21)22-14-23(22)26-11-13-27-12-10-19(24)15-27/h2-9,19,22-23,26H,10-16,24H2/t19-,22?,23+/m1/s1. The van der Waals surface area contributed by atoms with Gasteiger partial charge in [-0.25, -0.2) is 4.85 Å². The number of hydrogen-bond donors (Lipinski definition) is 2. The predicted molar refractivity (Wildman–Crippen MR) is 112 cm³/mol. The van der Waals surface area contributed by atoms with E-state index in [9.17, 15) is 0 Å². The average molecular weight is 377 g/mol.